The predicted molar refractivity (Wildman–Crippen MR) is 275 cm³/mol. The summed E-state index contributed by atoms with van der Waals surface area (Å²) in [4.78, 5) is 125. The molecule has 2 aromatic rings. The number of amidine groups is 1. The number of hydrogen-bond donors (Lipinski definition) is 0. The average Bonchev–Trinajstić information content (AvgIpc) is 3.33. The van der Waals surface area contributed by atoms with Crippen molar-refractivity contribution in [1.82, 2.24) is 19.6 Å². The van der Waals surface area contributed by atoms with Crippen LogP contribution in [0.15, 0.2) is 78.7 Å². The van der Waals surface area contributed by atoms with Gasteiger partial charge >= 0.3 is 30.0 Å². The van der Waals surface area contributed by atoms with Crippen LogP contribution in [0.4, 0.5) is 4.79 Å². The monoisotopic (exact) mass is 1030 g/mol. The third kappa shape index (κ3) is 18.3. The van der Waals surface area contributed by atoms with Crippen molar-refractivity contribution >= 4 is 53.6 Å². The molecule has 0 saturated carbocycles. The highest BCUT2D eigenvalue weighted by Gasteiger charge is 2.43. The highest BCUT2D eigenvalue weighted by Crippen LogP contribution is 2.24. The van der Waals surface area contributed by atoms with Crippen molar-refractivity contribution in [2.24, 2.45) is 28.8 Å². The highest BCUT2D eigenvalue weighted by atomic mass is 16.8. The Bertz CT molecular complexity index is 2250. The van der Waals surface area contributed by atoms with Gasteiger partial charge in [0.05, 0.1) is 6.26 Å². The van der Waals surface area contributed by atoms with Gasteiger partial charge in [-0.15, -0.1) is 0 Å². The maximum absolute atomic E-state index is 14.8. The summed E-state index contributed by atoms with van der Waals surface area (Å²) in [5.74, 6) is -6.97. The van der Waals surface area contributed by atoms with Gasteiger partial charge in [-0.05, 0) is 74.3 Å². The van der Waals surface area contributed by atoms with E-state index >= 15 is 0 Å². The van der Waals surface area contributed by atoms with Crippen LogP contribution in [-0.2, 0) is 74.9 Å². The Kier molecular flexibility index (Phi) is 24.3. The molecule has 0 spiro atoms. The number of carbonyl (C=O) groups excluding carboxylic acids is 8. The summed E-state index contributed by atoms with van der Waals surface area (Å²) in [5, 5.41) is 4.01. The van der Waals surface area contributed by atoms with Gasteiger partial charge in [0.15, 0.2) is 30.3 Å². The second-order valence-corrected chi connectivity index (χ2v) is 20.5. The molecule has 408 valence electrons. The van der Waals surface area contributed by atoms with Crippen LogP contribution in [0, 0.1) is 23.7 Å². The first-order valence-electron chi connectivity index (χ1n) is 25.3. The first-order valence-corrected chi connectivity index (χ1v) is 25.3. The normalized spacial score (nSPS) is 24.5. The Morgan fingerprint density at radius 3 is 1.20 bits per heavy atom. The minimum atomic E-state index is -1.52. The first-order chi connectivity index (χ1) is 34.8. The van der Waals surface area contributed by atoms with Gasteiger partial charge in [-0.3, -0.25) is 19.2 Å². The second-order valence-electron chi connectivity index (χ2n) is 20.5. The van der Waals surface area contributed by atoms with Crippen LogP contribution in [0.3, 0.4) is 0 Å². The minimum absolute atomic E-state index is 0.0691. The second kappa shape index (κ2) is 29.2. The van der Waals surface area contributed by atoms with Crippen LogP contribution in [0.5, 0.6) is 0 Å². The summed E-state index contributed by atoms with van der Waals surface area (Å²) in [7, 11) is 5.58. The van der Waals surface area contributed by atoms with E-state index in [1.54, 1.807) is 60.7 Å². The lowest BCUT2D eigenvalue weighted by Gasteiger charge is -2.36. The van der Waals surface area contributed by atoms with E-state index in [1.807, 2.05) is 55.4 Å². The third-order valence-corrected chi connectivity index (χ3v) is 12.4. The lowest BCUT2D eigenvalue weighted by atomic mass is 10.00. The molecule has 1 saturated heterocycles. The van der Waals surface area contributed by atoms with Gasteiger partial charge in [0.25, 0.3) is 17.7 Å². The van der Waals surface area contributed by atoms with Gasteiger partial charge in [0, 0.05) is 41.0 Å². The van der Waals surface area contributed by atoms with Crippen molar-refractivity contribution in [2.75, 3.05) is 28.2 Å². The van der Waals surface area contributed by atoms with Gasteiger partial charge in [-0.1, -0.05) is 128 Å². The molecule has 0 bridgehead atoms. The molecule has 1 aliphatic rings. The average molecular weight is 1030 g/mol. The van der Waals surface area contributed by atoms with E-state index in [9.17, 15) is 38.4 Å². The molecule has 0 radical (unpaired) electrons. The number of esters is 4. The highest BCUT2D eigenvalue weighted by molar-refractivity contribution is 5.95. The van der Waals surface area contributed by atoms with Gasteiger partial charge in [0.2, 0.25) is 0 Å². The van der Waals surface area contributed by atoms with Crippen LogP contribution in [0.2, 0.25) is 0 Å². The Hall–Kier alpha value is -6.79. The third-order valence-electron chi connectivity index (χ3n) is 12.4. The van der Waals surface area contributed by atoms with Crippen LogP contribution in [0.1, 0.15) is 106 Å². The molecule has 0 aliphatic carbocycles. The fourth-order valence-corrected chi connectivity index (χ4v) is 8.46. The molecule has 0 N–H and O–H groups in total. The Morgan fingerprint density at radius 2 is 0.851 bits per heavy atom. The van der Waals surface area contributed by atoms with Crippen molar-refractivity contribution in [2.45, 2.75) is 156 Å². The SMILES string of the molecule is C=COC(=O)O/N=C1\[C@@H](C)OC(=O)[C@H](CC(C)C)N(C)C(=O)[C@@H](Cc2ccccc2)OC(=O)[C@H](CC(C)C)N(C)C(=O)[C@@H](C)OC(=O)C(CC(C)C)N(C)C(=O)[C@@H](Cc2ccccc2)OC(=O)[C@H](CC(C)C)N1C. The number of ether oxygens (including phenoxy) is 5. The molecule has 0 aromatic heterocycles. The summed E-state index contributed by atoms with van der Waals surface area (Å²) < 4.78 is 28.9. The molecule has 1 fully saturated rings. The van der Waals surface area contributed by atoms with Gasteiger partial charge < -0.3 is 43.3 Å². The Balaban J connectivity index is 2.36. The Labute approximate surface area is 436 Å². The molecular formula is C55H79N5O14. The number of nitrogens with zero attached hydrogens (tertiary/aromatic N) is 5. The molecule has 3 rings (SSSR count). The van der Waals surface area contributed by atoms with E-state index in [1.165, 1.54) is 46.9 Å². The lowest BCUT2D eigenvalue weighted by Crippen LogP contribution is -2.55. The molecule has 19 nitrogen and oxygen atoms in total. The number of rotatable bonds is 14. The van der Waals surface area contributed by atoms with Crippen LogP contribution in [0.25, 0.3) is 0 Å². The zero-order chi connectivity index (χ0) is 55.6. The molecular weight excluding hydrogens is 955 g/mol. The number of benzene rings is 2. The largest absolute Gasteiger partial charge is 0.540 e. The van der Waals surface area contributed by atoms with E-state index < -0.39 is 96.3 Å². The number of amides is 3. The van der Waals surface area contributed by atoms with Crippen molar-refractivity contribution < 1.29 is 66.9 Å². The van der Waals surface area contributed by atoms with Crippen LogP contribution >= 0.6 is 0 Å². The maximum Gasteiger partial charge on any atom is 0.540 e. The van der Waals surface area contributed by atoms with E-state index in [0.717, 1.165) is 21.0 Å². The summed E-state index contributed by atoms with van der Waals surface area (Å²) in [5.41, 5.74) is 1.25. The number of carbonyl (C=O) groups is 8. The van der Waals surface area contributed by atoms with Crippen molar-refractivity contribution in [3.63, 3.8) is 0 Å². The Morgan fingerprint density at radius 1 is 0.527 bits per heavy atom. The standard InChI is InChI=1S/C55H79N5O14/c1-16-69-55(68)74-56-47-37(10)70-51(64)42(28-34(4)5)59(14)50(63)46(32-40-25-21-18-22-26-40)73-54(67)44(30-36(8)9)58(13)48(61)38(11)71-52(65)43(29-35(6)7)60(15)49(62)45(31-39-23-19-17-20-24-39)72-53(66)41(57(47)12)27-33(2)3/h16-26,33-38,41-46H,1,27-32H2,2-15H3/b56-47+/t37-,38-,41+,42+,43?,44+,45-,46-/m1/s1. The molecule has 74 heavy (non-hydrogen) atoms. The summed E-state index contributed by atoms with van der Waals surface area (Å²) in [6.07, 6.45) is -6.33. The number of oxime groups is 1. The fourth-order valence-electron chi connectivity index (χ4n) is 8.46. The lowest BCUT2D eigenvalue weighted by molar-refractivity contribution is -0.174. The minimum Gasteiger partial charge on any atom is -0.453 e. The van der Waals surface area contributed by atoms with Crippen LogP contribution < -0.4 is 0 Å². The molecule has 1 heterocycles. The van der Waals surface area contributed by atoms with E-state index in [4.69, 9.17) is 28.5 Å². The molecule has 1 aliphatic heterocycles. The molecule has 8 atom stereocenters. The summed E-state index contributed by atoms with van der Waals surface area (Å²) in [6.45, 7) is 20.9. The van der Waals surface area contributed by atoms with E-state index in [-0.39, 0.29) is 68.0 Å². The number of cyclic esters (lactones) is 4. The predicted octanol–water partition coefficient (Wildman–Crippen LogP) is 6.75. The summed E-state index contributed by atoms with van der Waals surface area (Å²) in [6, 6.07) is 12.5. The van der Waals surface area contributed by atoms with Crippen LogP contribution in [-0.4, -0.2) is 150 Å². The van der Waals surface area contributed by atoms with Gasteiger partial charge in [0.1, 0.15) is 24.2 Å². The molecule has 1 unspecified atom stereocenters. The quantitative estimate of drug-likeness (QED) is 0.0629. The molecule has 19 heteroatoms. The zero-order valence-corrected chi connectivity index (χ0v) is 45.7. The van der Waals surface area contributed by atoms with E-state index in [2.05, 4.69) is 11.7 Å². The van der Waals surface area contributed by atoms with E-state index in [0.29, 0.717) is 11.1 Å². The topological polar surface area (TPSA) is 217 Å². The van der Waals surface area contributed by atoms with Crippen molar-refractivity contribution in [3.8, 4) is 0 Å². The van der Waals surface area contributed by atoms with Gasteiger partial charge in [-0.25, -0.2) is 24.0 Å². The fraction of sp³-hybridized carbons (Fsp3) is 0.582. The van der Waals surface area contributed by atoms with Crippen molar-refractivity contribution in [3.05, 3.63) is 84.6 Å². The molecule has 2 aromatic carbocycles. The number of hydrogen-bond acceptors (Lipinski definition) is 15. The van der Waals surface area contributed by atoms with Crippen molar-refractivity contribution in [1.29, 1.82) is 0 Å². The summed E-state index contributed by atoms with van der Waals surface area (Å²) >= 11 is 0. The maximum atomic E-state index is 14.8. The smallest absolute Gasteiger partial charge is 0.453 e. The zero-order valence-electron chi connectivity index (χ0n) is 45.7. The van der Waals surface area contributed by atoms with Gasteiger partial charge in [-0.2, -0.15) is 0 Å². The molecule has 3 amide bonds. The number of likely N-dealkylation sites (N-methyl/N-ethyl adjacent to an activating group) is 4. The first kappa shape index (κ1) is 61.5.